The molecule has 0 amide bonds. The molecule has 0 spiro atoms. The highest BCUT2D eigenvalue weighted by Gasteiger charge is 2.11. The van der Waals surface area contributed by atoms with E-state index in [9.17, 15) is 0 Å². The van der Waals surface area contributed by atoms with E-state index in [1.165, 1.54) is 11.0 Å². The van der Waals surface area contributed by atoms with Gasteiger partial charge in [0.05, 0.1) is 5.69 Å². The predicted octanol–water partition coefficient (Wildman–Crippen LogP) is -0.287. The second-order valence-corrected chi connectivity index (χ2v) is 3.86. The van der Waals surface area contributed by atoms with Crippen LogP contribution in [0.5, 0.6) is 0 Å². The Hall–Kier alpha value is -2.97. The zero-order valence-corrected chi connectivity index (χ0v) is 9.96. The van der Waals surface area contributed by atoms with Gasteiger partial charge in [-0.15, -0.1) is 5.10 Å². The zero-order valence-electron chi connectivity index (χ0n) is 9.96. The van der Waals surface area contributed by atoms with Gasteiger partial charge in [-0.3, -0.25) is 0 Å². The summed E-state index contributed by atoms with van der Waals surface area (Å²) in [6.07, 6.45) is 4.80. The number of nitrogens with zero attached hydrogens (tertiary/aromatic N) is 7. The van der Waals surface area contributed by atoms with Crippen LogP contribution < -0.4 is 5.73 Å². The molecule has 0 aliphatic carbocycles. The maximum atomic E-state index is 8.59. The Balaban J connectivity index is 2.16. The third kappa shape index (κ3) is 1.76. The van der Waals surface area contributed by atoms with Crippen molar-refractivity contribution in [3.8, 4) is 5.82 Å². The van der Waals surface area contributed by atoms with Gasteiger partial charge in [-0.25, -0.2) is 14.5 Å². The normalized spacial score (nSPS) is 12.2. The number of nitrogens with two attached hydrogens (primary N) is 1. The summed E-state index contributed by atoms with van der Waals surface area (Å²) in [5, 5.41) is 19.8. The Labute approximate surface area is 107 Å². The van der Waals surface area contributed by atoms with E-state index in [0.717, 1.165) is 11.2 Å². The summed E-state index contributed by atoms with van der Waals surface area (Å²) in [4.78, 5) is 8.19. The molecule has 3 N–H and O–H groups in total. The van der Waals surface area contributed by atoms with Crippen molar-refractivity contribution in [2.45, 2.75) is 6.92 Å². The van der Waals surface area contributed by atoms with E-state index in [1.54, 1.807) is 16.9 Å². The van der Waals surface area contributed by atoms with Gasteiger partial charge in [0, 0.05) is 12.4 Å². The quantitative estimate of drug-likeness (QED) is 0.282. The van der Waals surface area contributed by atoms with Crippen LogP contribution >= 0.6 is 0 Å². The highest BCUT2D eigenvalue weighted by molar-refractivity contribution is 5.93. The smallest absolute Gasteiger partial charge is 0.220 e. The van der Waals surface area contributed by atoms with Crippen LogP contribution in [0.4, 0.5) is 0 Å². The highest BCUT2D eigenvalue weighted by atomic mass is 16.4. The molecule has 0 fully saturated rings. The highest BCUT2D eigenvalue weighted by Crippen LogP contribution is 2.13. The van der Waals surface area contributed by atoms with E-state index >= 15 is 0 Å². The van der Waals surface area contributed by atoms with E-state index in [0.29, 0.717) is 5.82 Å². The molecule has 0 atom stereocenters. The Morgan fingerprint density at radius 3 is 3.00 bits per heavy atom. The fraction of sp³-hybridized carbons (Fsp3) is 0.100. The van der Waals surface area contributed by atoms with Crippen LogP contribution in [0.1, 0.15) is 11.5 Å². The SMILES string of the molecule is Cc1cc2c(-n3cnc(/C(N)=N/O)n3)nccn2n1. The summed E-state index contributed by atoms with van der Waals surface area (Å²) in [6.45, 7) is 1.89. The number of fused-ring (bicyclic) bond motifs is 1. The molecule has 96 valence electrons. The molecule has 9 heteroatoms. The van der Waals surface area contributed by atoms with E-state index in [1.807, 2.05) is 13.0 Å². The molecule has 0 aliphatic rings. The van der Waals surface area contributed by atoms with Gasteiger partial charge in [-0.2, -0.15) is 9.78 Å². The van der Waals surface area contributed by atoms with Gasteiger partial charge in [0.25, 0.3) is 0 Å². The van der Waals surface area contributed by atoms with Gasteiger partial charge >= 0.3 is 0 Å². The molecule has 3 aromatic heterocycles. The molecular formula is C10H10N8O. The average Bonchev–Trinajstić information content (AvgIpc) is 3.02. The zero-order chi connectivity index (χ0) is 13.4. The average molecular weight is 258 g/mol. The molecule has 0 saturated heterocycles. The topological polar surface area (TPSA) is 120 Å². The van der Waals surface area contributed by atoms with Gasteiger partial charge in [-0.05, 0) is 13.0 Å². The first-order valence-electron chi connectivity index (χ1n) is 5.40. The standard InChI is InChI=1S/C10H10N8O/c1-6-4-7-10(12-2-3-17(7)14-6)18-5-13-9(15-18)8(11)16-19/h2-5,19H,1H3,(H2,11,16). The minimum absolute atomic E-state index is 0.127. The van der Waals surface area contributed by atoms with Crippen LogP contribution in [-0.4, -0.2) is 40.4 Å². The first kappa shape index (κ1) is 11.1. The largest absolute Gasteiger partial charge is 0.409 e. The third-order valence-electron chi connectivity index (χ3n) is 2.54. The fourth-order valence-corrected chi connectivity index (χ4v) is 1.73. The summed E-state index contributed by atoms with van der Waals surface area (Å²) < 4.78 is 3.15. The Kier molecular flexibility index (Phi) is 2.37. The van der Waals surface area contributed by atoms with Gasteiger partial charge in [0.2, 0.25) is 11.7 Å². The summed E-state index contributed by atoms with van der Waals surface area (Å²) in [5.41, 5.74) is 7.08. The van der Waals surface area contributed by atoms with E-state index in [4.69, 9.17) is 10.9 Å². The van der Waals surface area contributed by atoms with Crippen molar-refractivity contribution in [3.05, 3.63) is 36.3 Å². The Bertz CT molecular complexity index is 771. The molecule has 0 aromatic carbocycles. The lowest BCUT2D eigenvalue weighted by Crippen LogP contribution is -2.15. The van der Waals surface area contributed by atoms with Gasteiger partial charge < -0.3 is 10.9 Å². The molecular weight excluding hydrogens is 248 g/mol. The first-order chi connectivity index (χ1) is 9.19. The molecule has 0 unspecified atom stereocenters. The van der Waals surface area contributed by atoms with Crippen LogP contribution in [0.15, 0.2) is 29.9 Å². The monoisotopic (exact) mass is 258 g/mol. The van der Waals surface area contributed by atoms with Crippen LogP contribution in [-0.2, 0) is 0 Å². The summed E-state index contributed by atoms with van der Waals surface area (Å²) >= 11 is 0. The van der Waals surface area contributed by atoms with Crippen molar-refractivity contribution in [2.24, 2.45) is 10.9 Å². The minimum Gasteiger partial charge on any atom is -0.409 e. The first-order valence-corrected chi connectivity index (χ1v) is 5.40. The molecule has 9 nitrogen and oxygen atoms in total. The van der Waals surface area contributed by atoms with Crippen molar-refractivity contribution in [3.63, 3.8) is 0 Å². The minimum atomic E-state index is -0.157. The molecule has 19 heavy (non-hydrogen) atoms. The van der Waals surface area contributed by atoms with Crippen LogP contribution in [0.25, 0.3) is 11.3 Å². The number of aromatic nitrogens is 6. The van der Waals surface area contributed by atoms with E-state index < -0.39 is 0 Å². The lowest BCUT2D eigenvalue weighted by Gasteiger charge is -2.00. The van der Waals surface area contributed by atoms with Crippen LogP contribution in [0.2, 0.25) is 0 Å². The van der Waals surface area contributed by atoms with E-state index in [-0.39, 0.29) is 11.7 Å². The molecule has 0 saturated carbocycles. The van der Waals surface area contributed by atoms with E-state index in [2.05, 4.69) is 25.3 Å². The summed E-state index contributed by atoms with van der Waals surface area (Å²) in [5.74, 6) is 0.533. The number of hydrogen-bond acceptors (Lipinski definition) is 6. The molecule has 3 heterocycles. The molecule has 3 rings (SSSR count). The van der Waals surface area contributed by atoms with Crippen molar-refractivity contribution in [1.82, 2.24) is 29.4 Å². The second-order valence-electron chi connectivity index (χ2n) is 3.86. The van der Waals surface area contributed by atoms with Gasteiger partial charge in [0.15, 0.2) is 5.82 Å². The Morgan fingerprint density at radius 2 is 2.21 bits per heavy atom. The van der Waals surface area contributed by atoms with Crippen LogP contribution in [0, 0.1) is 6.92 Å². The maximum absolute atomic E-state index is 8.59. The maximum Gasteiger partial charge on any atom is 0.220 e. The predicted molar refractivity (Wildman–Crippen MR) is 65.2 cm³/mol. The van der Waals surface area contributed by atoms with Crippen molar-refractivity contribution < 1.29 is 5.21 Å². The third-order valence-corrected chi connectivity index (χ3v) is 2.54. The molecule has 0 radical (unpaired) electrons. The number of hydrogen-bond donors (Lipinski definition) is 2. The molecule has 0 bridgehead atoms. The lowest BCUT2D eigenvalue weighted by molar-refractivity contribution is 0.318. The lowest BCUT2D eigenvalue weighted by atomic mass is 10.4. The van der Waals surface area contributed by atoms with Crippen molar-refractivity contribution >= 4 is 11.4 Å². The summed E-state index contributed by atoms with van der Waals surface area (Å²) in [7, 11) is 0. The van der Waals surface area contributed by atoms with Crippen molar-refractivity contribution in [2.75, 3.05) is 0 Å². The summed E-state index contributed by atoms with van der Waals surface area (Å²) in [6, 6.07) is 1.88. The van der Waals surface area contributed by atoms with Crippen molar-refractivity contribution in [1.29, 1.82) is 0 Å². The number of aryl methyl sites for hydroxylation is 1. The second kappa shape index (κ2) is 4.05. The Morgan fingerprint density at radius 1 is 1.37 bits per heavy atom. The molecule has 3 aromatic rings. The van der Waals surface area contributed by atoms with Gasteiger partial charge in [0.1, 0.15) is 11.8 Å². The fourth-order valence-electron chi connectivity index (χ4n) is 1.73. The number of rotatable bonds is 2. The van der Waals surface area contributed by atoms with Gasteiger partial charge in [-0.1, -0.05) is 5.16 Å². The van der Waals surface area contributed by atoms with Crippen LogP contribution in [0.3, 0.4) is 0 Å². The molecule has 0 aliphatic heterocycles. The number of oxime groups is 1. The number of amidine groups is 1.